The highest BCUT2D eigenvalue weighted by molar-refractivity contribution is 6.22. The fourth-order valence-electron chi connectivity index (χ4n) is 9.33. The maximum Gasteiger partial charge on any atom is 0.260 e. The number of furan rings is 1. The van der Waals surface area contributed by atoms with Crippen molar-refractivity contribution in [2.45, 2.75) is 37.7 Å². The first-order valence-electron chi connectivity index (χ1n) is 18.3. The molecule has 0 spiro atoms. The number of hydrogen-bond donors (Lipinski definition) is 3. The SMILES string of the molecule is Cc1ccc(NN2C(=O)[C@@H]3C[C@@H]4C(=CC[C@@H]5C(=O)N(c6ccc(Nc7ccccc7)cc6)C(=O)[C@@H]54)[C@H](c4ccc(CO)o4)[C@]3(c3ccccc3)C2=O)cc1. The van der Waals surface area contributed by atoms with E-state index in [-0.39, 0.29) is 31.3 Å². The van der Waals surface area contributed by atoms with Gasteiger partial charge in [-0.25, -0.2) is 0 Å². The predicted octanol–water partition coefficient (Wildman–Crippen LogP) is 7.01. The van der Waals surface area contributed by atoms with Crippen LogP contribution in [0.3, 0.4) is 0 Å². The molecule has 4 aliphatic rings. The first kappa shape index (κ1) is 33.6. The lowest BCUT2D eigenvalue weighted by molar-refractivity contribution is -0.138. The third-order valence-electron chi connectivity index (χ3n) is 11.7. The van der Waals surface area contributed by atoms with Crippen LogP contribution >= 0.6 is 0 Å². The number of carbonyl (C=O) groups excluding carboxylic acids is 4. The summed E-state index contributed by atoms with van der Waals surface area (Å²) in [4.78, 5) is 60.1. The smallest absolute Gasteiger partial charge is 0.260 e. The number of aliphatic hydroxyl groups is 1. The maximum atomic E-state index is 15.2. The Kier molecular flexibility index (Phi) is 8.08. The number of fused-ring (bicyclic) bond motifs is 4. The van der Waals surface area contributed by atoms with Crippen molar-refractivity contribution >= 4 is 46.4 Å². The molecule has 4 aromatic carbocycles. The van der Waals surface area contributed by atoms with Crippen LogP contribution in [0.15, 0.2) is 137 Å². The van der Waals surface area contributed by atoms with Gasteiger partial charge in [-0.3, -0.25) is 29.5 Å². The Morgan fingerprint density at radius 2 is 1.41 bits per heavy atom. The molecule has 6 atom stereocenters. The van der Waals surface area contributed by atoms with Gasteiger partial charge in [0.1, 0.15) is 23.5 Å². The number of imide groups is 2. The minimum Gasteiger partial charge on any atom is -0.463 e. The molecule has 54 heavy (non-hydrogen) atoms. The van der Waals surface area contributed by atoms with Crippen molar-refractivity contribution in [2.24, 2.45) is 23.7 Å². The van der Waals surface area contributed by atoms with Crippen LogP contribution in [0, 0.1) is 30.6 Å². The van der Waals surface area contributed by atoms with Crippen molar-refractivity contribution in [3.8, 4) is 0 Å². The van der Waals surface area contributed by atoms with E-state index < -0.39 is 46.8 Å². The first-order chi connectivity index (χ1) is 26.3. The first-order valence-corrected chi connectivity index (χ1v) is 18.3. The van der Waals surface area contributed by atoms with Crippen molar-refractivity contribution < 1.29 is 28.7 Å². The molecule has 2 aliphatic heterocycles. The molecule has 0 bridgehead atoms. The highest BCUT2D eigenvalue weighted by Crippen LogP contribution is 2.64. The molecule has 1 aromatic heterocycles. The molecule has 270 valence electrons. The third kappa shape index (κ3) is 5.12. The molecule has 9 rings (SSSR count). The van der Waals surface area contributed by atoms with Gasteiger partial charge in [0, 0.05) is 11.4 Å². The van der Waals surface area contributed by atoms with Gasteiger partial charge in [-0.2, -0.15) is 5.01 Å². The van der Waals surface area contributed by atoms with Crippen LogP contribution in [0.2, 0.25) is 0 Å². The summed E-state index contributed by atoms with van der Waals surface area (Å²) in [6.45, 7) is 1.61. The number of amides is 4. The zero-order valence-corrected chi connectivity index (χ0v) is 29.5. The molecule has 1 saturated carbocycles. The molecule has 3 N–H and O–H groups in total. The van der Waals surface area contributed by atoms with Gasteiger partial charge in [-0.05, 0) is 91.9 Å². The summed E-state index contributed by atoms with van der Waals surface area (Å²) >= 11 is 0. The second-order valence-corrected chi connectivity index (χ2v) is 14.6. The number of benzene rings is 4. The van der Waals surface area contributed by atoms with Crippen LogP contribution < -0.4 is 15.6 Å². The number of nitrogens with zero attached hydrogens (tertiary/aromatic N) is 2. The predicted molar refractivity (Wildman–Crippen MR) is 202 cm³/mol. The summed E-state index contributed by atoms with van der Waals surface area (Å²) in [5.74, 6) is -4.33. The molecule has 10 nitrogen and oxygen atoms in total. The van der Waals surface area contributed by atoms with Crippen molar-refractivity contribution in [1.82, 2.24) is 5.01 Å². The van der Waals surface area contributed by atoms with Gasteiger partial charge in [-0.1, -0.05) is 77.9 Å². The van der Waals surface area contributed by atoms with E-state index in [0.29, 0.717) is 28.5 Å². The lowest BCUT2D eigenvalue weighted by Gasteiger charge is -2.49. The monoisotopic (exact) mass is 718 g/mol. The van der Waals surface area contributed by atoms with Crippen molar-refractivity contribution in [1.29, 1.82) is 0 Å². The van der Waals surface area contributed by atoms with Gasteiger partial charge in [0.2, 0.25) is 11.8 Å². The summed E-state index contributed by atoms with van der Waals surface area (Å²) in [6.07, 6.45) is 2.46. The number of nitrogens with one attached hydrogen (secondary N) is 2. The molecule has 3 heterocycles. The summed E-state index contributed by atoms with van der Waals surface area (Å²) in [7, 11) is 0. The molecule has 5 aromatic rings. The topological polar surface area (TPSA) is 132 Å². The van der Waals surface area contributed by atoms with Crippen LogP contribution in [-0.2, 0) is 31.2 Å². The van der Waals surface area contributed by atoms with E-state index in [1.807, 2.05) is 110 Å². The van der Waals surface area contributed by atoms with Gasteiger partial charge in [0.15, 0.2) is 0 Å². The molecular weight excluding hydrogens is 681 g/mol. The fourth-order valence-corrected chi connectivity index (χ4v) is 9.33. The van der Waals surface area contributed by atoms with Gasteiger partial charge in [-0.15, -0.1) is 0 Å². The van der Waals surface area contributed by atoms with Gasteiger partial charge < -0.3 is 14.8 Å². The van der Waals surface area contributed by atoms with E-state index >= 15 is 4.79 Å². The zero-order valence-electron chi connectivity index (χ0n) is 29.5. The van der Waals surface area contributed by atoms with Crippen molar-refractivity contribution in [3.63, 3.8) is 0 Å². The molecule has 2 saturated heterocycles. The minimum absolute atomic E-state index is 0.176. The molecule has 0 radical (unpaired) electrons. The highest BCUT2D eigenvalue weighted by atomic mass is 16.4. The Balaban J connectivity index is 1.13. The van der Waals surface area contributed by atoms with Gasteiger partial charge in [0.05, 0.1) is 35.0 Å². The molecule has 3 fully saturated rings. The normalized spacial score (nSPS) is 26.0. The van der Waals surface area contributed by atoms with Gasteiger partial charge in [0.25, 0.3) is 11.8 Å². The molecule has 0 unspecified atom stereocenters. The largest absolute Gasteiger partial charge is 0.463 e. The Bertz CT molecular complexity index is 2300. The van der Waals surface area contributed by atoms with E-state index in [1.54, 1.807) is 24.3 Å². The second kappa shape index (κ2) is 13.0. The lowest BCUT2D eigenvalue weighted by atomic mass is 9.50. The number of aliphatic hydroxyl groups excluding tert-OH is 1. The Morgan fingerprint density at radius 1 is 0.741 bits per heavy atom. The Morgan fingerprint density at radius 3 is 2.09 bits per heavy atom. The minimum atomic E-state index is -1.44. The average Bonchev–Trinajstić information content (AvgIpc) is 3.84. The zero-order chi connectivity index (χ0) is 37.1. The van der Waals surface area contributed by atoms with E-state index in [9.17, 15) is 19.5 Å². The Hall–Kier alpha value is -6.26. The summed E-state index contributed by atoms with van der Waals surface area (Å²) in [5, 5.41) is 14.5. The number of para-hydroxylation sites is 1. The van der Waals surface area contributed by atoms with E-state index in [2.05, 4.69) is 10.7 Å². The lowest BCUT2D eigenvalue weighted by Crippen LogP contribution is -2.53. The van der Waals surface area contributed by atoms with E-state index in [4.69, 9.17) is 4.42 Å². The second-order valence-electron chi connectivity index (χ2n) is 14.6. The van der Waals surface area contributed by atoms with Crippen LogP contribution in [0.25, 0.3) is 0 Å². The van der Waals surface area contributed by atoms with Gasteiger partial charge >= 0.3 is 0 Å². The van der Waals surface area contributed by atoms with Crippen molar-refractivity contribution in [2.75, 3.05) is 15.6 Å². The number of allylic oxidation sites excluding steroid dienone is 2. The summed E-state index contributed by atoms with van der Waals surface area (Å²) < 4.78 is 6.27. The van der Waals surface area contributed by atoms with Crippen LogP contribution in [0.1, 0.15) is 41.4 Å². The number of hydrazine groups is 1. The molecular formula is C44H38N4O6. The fraction of sp³-hybridized carbons (Fsp3) is 0.227. The van der Waals surface area contributed by atoms with E-state index in [1.165, 1.54) is 4.90 Å². The third-order valence-corrected chi connectivity index (χ3v) is 11.7. The highest BCUT2D eigenvalue weighted by Gasteiger charge is 2.71. The molecule has 10 heteroatoms. The number of rotatable bonds is 8. The van der Waals surface area contributed by atoms with Crippen LogP contribution in [-0.4, -0.2) is 33.7 Å². The van der Waals surface area contributed by atoms with Crippen molar-refractivity contribution in [3.05, 3.63) is 156 Å². The molecule has 4 amide bonds. The van der Waals surface area contributed by atoms with Crippen LogP contribution in [0.5, 0.6) is 0 Å². The maximum absolute atomic E-state index is 15.2. The standard InChI is InChI=1S/C44H38N4O6/c1-26-12-14-30(15-13-26)46-48-41(51)36-24-35-33(39(37-23-20-32(25-49)54-37)44(36,43(48)53)27-8-4-2-5-9-27)21-22-34-38(35)42(52)47(40(34)50)31-18-16-29(17-19-31)45-28-10-6-3-7-11-28/h2-21,23,34-36,38-39,45-46,49H,22,24-25H2,1H3/t34-,35+,36-,38-,39+,44+/m0/s1. The number of hydrogen-bond acceptors (Lipinski definition) is 8. The Labute approximate surface area is 312 Å². The molecule has 2 aliphatic carbocycles. The number of aryl methyl sites for hydroxylation is 1. The van der Waals surface area contributed by atoms with Crippen LogP contribution in [0.4, 0.5) is 22.7 Å². The number of anilines is 4. The summed E-state index contributed by atoms with van der Waals surface area (Å²) in [5.41, 5.74) is 6.92. The number of carbonyl (C=O) groups is 4. The summed E-state index contributed by atoms with van der Waals surface area (Å²) in [6, 6.07) is 37.1. The van der Waals surface area contributed by atoms with E-state index in [0.717, 1.165) is 27.5 Å². The quantitative estimate of drug-likeness (QED) is 0.115. The average molecular weight is 719 g/mol.